The molecule has 1 amide bonds. The molecule has 1 aromatic rings. The Bertz CT molecular complexity index is 482. The molecule has 0 radical (unpaired) electrons. The molecule has 0 saturated carbocycles. The fourth-order valence-electron chi connectivity index (χ4n) is 3.07. The molecule has 2 saturated heterocycles. The Morgan fingerprint density at radius 1 is 1.33 bits per heavy atom. The van der Waals surface area contributed by atoms with Crippen LogP contribution in [0.15, 0.2) is 30.3 Å². The van der Waals surface area contributed by atoms with Gasteiger partial charge in [-0.05, 0) is 18.4 Å². The van der Waals surface area contributed by atoms with Gasteiger partial charge in [0.1, 0.15) is 6.61 Å². The Kier molecular flexibility index (Phi) is 4.12. The van der Waals surface area contributed by atoms with E-state index in [1.165, 1.54) is 0 Å². The number of aliphatic hydroxyl groups is 1. The second-order valence-electron chi connectivity index (χ2n) is 5.92. The van der Waals surface area contributed by atoms with Crippen LogP contribution in [-0.4, -0.2) is 48.5 Å². The number of hydrogen-bond acceptors (Lipinski definition) is 4. The predicted molar refractivity (Wildman–Crippen MR) is 76.7 cm³/mol. The molecular weight excluding hydrogens is 270 g/mol. The van der Waals surface area contributed by atoms with Crippen molar-refractivity contribution in [2.75, 3.05) is 26.3 Å². The monoisotopic (exact) mass is 291 g/mol. The van der Waals surface area contributed by atoms with E-state index in [0.717, 1.165) is 18.4 Å². The summed E-state index contributed by atoms with van der Waals surface area (Å²) in [4.78, 5) is 13.8. The van der Waals surface area contributed by atoms with Crippen molar-refractivity contribution in [3.63, 3.8) is 0 Å². The van der Waals surface area contributed by atoms with Crippen molar-refractivity contribution in [2.45, 2.75) is 25.6 Å². The summed E-state index contributed by atoms with van der Waals surface area (Å²) in [5, 5.41) is 10.0. The molecule has 1 aromatic carbocycles. The number of likely N-dealkylation sites (tertiary alicyclic amines) is 1. The third-order valence-electron chi connectivity index (χ3n) is 4.59. The van der Waals surface area contributed by atoms with Crippen LogP contribution in [0.1, 0.15) is 18.4 Å². The molecule has 1 unspecified atom stereocenters. The summed E-state index contributed by atoms with van der Waals surface area (Å²) in [6.45, 7) is 2.55. The molecule has 5 nitrogen and oxygen atoms in total. The molecule has 1 N–H and O–H groups in total. The largest absolute Gasteiger partial charge is 0.445 e. The molecular formula is C16H21NO4. The molecule has 1 spiro atoms. The van der Waals surface area contributed by atoms with Crippen molar-refractivity contribution in [3.8, 4) is 0 Å². The lowest BCUT2D eigenvalue weighted by Gasteiger charge is -2.39. The molecule has 3 rings (SSSR count). The summed E-state index contributed by atoms with van der Waals surface area (Å²) in [5.74, 6) is 0. The van der Waals surface area contributed by atoms with Crippen LogP contribution in [-0.2, 0) is 16.1 Å². The lowest BCUT2D eigenvalue weighted by atomic mass is 9.76. The van der Waals surface area contributed by atoms with Crippen molar-refractivity contribution in [3.05, 3.63) is 35.9 Å². The Hall–Kier alpha value is -1.59. The van der Waals surface area contributed by atoms with E-state index in [9.17, 15) is 9.90 Å². The van der Waals surface area contributed by atoms with Crippen LogP contribution in [0, 0.1) is 5.41 Å². The highest BCUT2D eigenvalue weighted by Crippen LogP contribution is 2.39. The fourth-order valence-corrected chi connectivity index (χ4v) is 3.07. The third-order valence-corrected chi connectivity index (χ3v) is 4.59. The minimum absolute atomic E-state index is 0.157. The molecule has 2 aliphatic rings. The van der Waals surface area contributed by atoms with Gasteiger partial charge in [-0.25, -0.2) is 4.79 Å². The molecule has 21 heavy (non-hydrogen) atoms. The number of carbonyl (C=O) groups is 1. The van der Waals surface area contributed by atoms with Crippen LogP contribution >= 0.6 is 0 Å². The average Bonchev–Trinajstić information content (AvgIpc) is 2.87. The molecule has 1 atom stereocenters. The number of ether oxygens (including phenoxy) is 2. The highest BCUT2D eigenvalue weighted by molar-refractivity contribution is 5.67. The quantitative estimate of drug-likeness (QED) is 0.902. The first kappa shape index (κ1) is 14.4. The highest BCUT2D eigenvalue weighted by atomic mass is 16.6. The van der Waals surface area contributed by atoms with Crippen molar-refractivity contribution >= 4 is 6.09 Å². The van der Waals surface area contributed by atoms with Crippen LogP contribution < -0.4 is 0 Å². The van der Waals surface area contributed by atoms with E-state index >= 15 is 0 Å². The topological polar surface area (TPSA) is 59.0 Å². The summed E-state index contributed by atoms with van der Waals surface area (Å²) in [6, 6.07) is 9.66. The van der Waals surface area contributed by atoms with Crippen molar-refractivity contribution in [2.24, 2.45) is 5.41 Å². The van der Waals surface area contributed by atoms with Gasteiger partial charge >= 0.3 is 6.09 Å². The van der Waals surface area contributed by atoms with Crippen LogP contribution in [0.3, 0.4) is 0 Å². The maximum Gasteiger partial charge on any atom is 0.410 e. The van der Waals surface area contributed by atoms with E-state index in [2.05, 4.69) is 0 Å². The summed E-state index contributed by atoms with van der Waals surface area (Å²) in [7, 11) is 0. The number of carbonyl (C=O) groups excluding carboxylic acids is 1. The number of amides is 1. The van der Waals surface area contributed by atoms with Gasteiger partial charge in [0.2, 0.25) is 0 Å². The molecule has 114 valence electrons. The minimum Gasteiger partial charge on any atom is -0.445 e. The zero-order chi connectivity index (χ0) is 14.7. The van der Waals surface area contributed by atoms with E-state index in [0.29, 0.717) is 32.9 Å². The van der Waals surface area contributed by atoms with E-state index < -0.39 is 6.10 Å². The zero-order valence-electron chi connectivity index (χ0n) is 12.0. The van der Waals surface area contributed by atoms with Crippen LogP contribution in [0.2, 0.25) is 0 Å². The van der Waals surface area contributed by atoms with Gasteiger partial charge < -0.3 is 19.5 Å². The lowest BCUT2D eigenvalue weighted by molar-refractivity contribution is 0.00783. The van der Waals surface area contributed by atoms with E-state index in [1.807, 2.05) is 30.3 Å². The van der Waals surface area contributed by atoms with Crippen LogP contribution in [0.4, 0.5) is 4.79 Å². The number of benzene rings is 1. The number of nitrogens with zero attached hydrogens (tertiary/aromatic N) is 1. The van der Waals surface area contributed by atoms with Gasteiger partial charge in [-0.3, -0.25) is 0 Å². The maximum atomic E-state index is 12.1. The smallest absolute Gasteiger partial charge is 0.410 e. The summed E-state index contributed by atoms with van der Waals surface area (Å²) in [6.07, 6.45) is 0.866. The number of aliphatic hydroxyl groups excluding tert-OH is 1. The minimum atomic E-state index is -0.403. The van der Waals surface area contributed by atoms with Gasteiger partial charge in [0.05, 0.1) is 19.3 Å². The zero-order valence-corrected chi connectivity index (χ0v) is 12.0. The molecule has 0 bridgehead atoms. The van der Waals surface area contributed by atoms with Crippen molar-refractivity contribution in [1.82, 2.24) is 4.90 Å². The highest BCUT2D eigenvalue weighted by Gasteiger charge is 2.45. The second-order valence-corrected chi connectivity index (χ2v) is 5.92. The Balaban J connectivity index is 1.49. The van der Waals surface area contributed by atoms with Gasteiger partial charge in [-0.2, -0.15) is 0 Å². The molecule has 5 heteroatoms. The first-order chi connectivity index (χ1) is 10.2. The fraction of sp³-hybridized carbons (Fsp3) is 0.562. The SMILES string of the molecule is O=C(OCc1ccccc1)N1CCC2(CC1)COCC2O. The molecule has 0 aromatic heterocycles. The first-order valence-electron chi connectivity index (χ1n) is 7.41. The summed E-state index contributed by atoms with van der Waals surface area (Å²) < 4.78 is 10.7. The molecule has 2 aliphatic heterocycles. The van der Waals surface area contributed by atoms with Gasteiger partial charge in [0.25, 0.3) is 0 Å². The number of piperidine rings is 1. The Morgan fingerprint density at radius 3 is 2.67 bits per heavy atom. The summed E-state index contributed by atoms with van der Waals surface area (Å²) in [5.41, 5.74) is 0.829. The average molecular weight is 291 g/mol. The van der Waals surface area contributed by atoms with Gasteiger partial charge in [-0.15, -0.1) is 0 Å². The van der Waals surface area contributed by atoms with E-state index in [1.54, 1.807) is 4.90 Å². The second kappa shape index (κ2) is 6.03. The van der Waals surface area contributed by atoms with Crippen molar-refractivity contribution in [1.29, 1.82) is 0 Å². The van der Waals surface area contributed by atoms with Crippen LogP contribution in [0.5, 0.6) is 0 Å². The van der Waals surface area contributed by atoms with Gasteiger partial charge in [-0.1, -0.05) is 30.3 Å². The standard InChI is InChI=1S/C16H21NO4/c18-14-11-20-12-16(14)6-8-17(9-7-16)15(19)21-10-13-4-2-1-3-5-13/h1-5,14,18H,6-12H2. The van der Waals surface area contributed by atoms with Gasteiger partial charge in [0.15, 0.2) is 0 Å². The van der Waals surface area contributed by atoms with Gasteiger partial charge in [0, 0.05) is 18.5 Å². The predicted octanol–water partition coefficient (Wildman–Crippen LogP) is 1.80. The van der Waals surface area contributed by atoms with E-state index in [-0.39, 0.29) is 11.5 Å². The third kappa shape index (κ3) is 3.04. The first-order valence-corrected chi connectivity index (χ1v) is 7.41. The number of rotatable bonds is 2. The lowest BCUT2D eigenvalue weighted by Crippen LogP contribution is -2.47. The normalized spacial score (nSPS) is 24.2. The molecule has 2 fully saturated rings. The summed E-state index contributed by atoms with van der Waals surface area (Å²) >= 11 is 0. The van der Waals surface area contributed by atoms with Crippen molar-refractivity contribution < 1.29 is 19.4 Å². The van der Waals surface area contributed by atoms with Crippen LogP contribution in [0.25, 0.3) is 0 Å². The number of hydrogen-bond donors (Lipinski definition) is 1. The Labute approximate surface area is 124 Å². The Morgan fingerprint density at radius 2 is 2.05 bits per heavy atom. The maximum absolute atomic E-state index is 12.1. The molecule has 0 aliphatic carbocycles. The molecule has 2 heterocycles. The van der Waals surface area contributed by atoms with E-state index in [4.69, 9.17) is 9.47 Å².